The number of tetrazole rings is 1. The predicted octanol–water partition coefficient (Wildman–Crippen LogP) is 6.40. The quantitative estimate of drug-likeness (QED) is 0.341. The van der Waals surface area contributed by atoms with Crippen LogP contribution in [0.2, 0.25) is 0 Å². The van der Waals surface area contributed by atoms with Crippen molar-refractivity contribution in [2.75, 3.05) is 18.4 Å². The summed E-state index contributed by atoms with van der Waals surface area (Å²) in [5.41, 5.74) is 3.03. The van der Waals surface area contributed by atoms with Crippen LogP contribution in [0.5, 0.6) is 0 Å². The lowest BCUT2D eigenvalue weighted by atomic mass is 9.93. The Morgan fingerprint density at radius 3 is 2.36 bits per heavy atom. The van der Waals surface area contributed by atoms with Gasteiger partial charge < -0.3 is 15.0 Å². The van der Waals surface area contributed by atoms with Gasteiger partial charge in [-0.1, -0.05) is 51.1 Å². The Morgan fingerprint density at radius 2 is 1.74 bits per heavy atom. The number of carbonyl (C=O) groups excluding carboxylic acids is 2. The highest BCUT2D eigenvalue weighted by Gasteiger charge is 2.28. The van der Waals surface area contributed by atoms with Crippen LogP contribution < -0.4 is 5.32 Å². The second kappa shape index (κ2) is 11.8. The van der Waals surface area contributed by atoms with Crippen molar-refractivity contribution in [3.63, 3.8) is 0 Å². The number of anilines is 1. The first-order valence-corrected chi connectivity index (χ1v) is 14.1. The Bertz CT molecular complexity index is 1290. The summed E-state index contributed by atoms with van der Waals surface area (Å²) in [6.45, 7) is 13.3. The molecular formula is C29H38N6O3S. The van der Waals surface area contributed by atoms with Gasteiger partial charge in [0, 0.05) is 34.7 Å². The Labute approximate surface area is 234 Å². The molecule has 0 aliphatic carbocycles. The van der Waals surface area contributed by atoms with E-state index in [-0.39, 0.29) is 22.7 Å². The summed E-state index contributed by atoms with van der Waals surface area (Å²) in [6, 6.07) is 14.0. The zero-order chi connectivity index (χ0) is 28.2. The molecule has 2 heterocycles. The molecule has 1 saturated heterocycles. The number of nitrogens with one attached hydrogen (secondary N) is 2. The standard InChI is InChI=1S/C29H38N6O3S/c1-28(2,3)38-27(37)35-15-13-19(14-16-35)17-25(36)30-23-18-20(11-12-24(23)39-29(4,5)6)21-9-7-8-10-22(21)26-31-33-34-32-26/h7-12,18-19H,13-17H2,1-6H3,(H,30,36)(H,31,32,33,34). The number of piperidine rings is 1. The Kier molecular flexibility index (Phi) is 8.64. The number of rotatable bonds is 6. The number of aromatic nitrogens is 4. The average molecular weight is 551 g/mol. The molecule has 0 unspecified atom stereocenters. The smallest absolute Gasteiger partial charge is 0.410 e. The zero-order valence-electron chi connectivity index (χ0n) is 23.6. The molecule has 208 valence electrons. The van der Waals surface area contributed by atoms with E-state index in [1.165, 1.54) is 0 Å². The summed E-state index contributed by atoms with van der Waals surface area (Å²) in [4.78, 5) is 28.4. The van der Waals surface area contributed by atoms with Gasteiger partial charge in [-0.15, -0.1) is 22.0 Å². The second-order valence-electron chi connectivity index (χ2n) is 11.9. The Morgan fingerprint density at radius 1 is 1.05 bits per heavy atom. The van der Waals surface area contributed by atoms with Gasteiger partial charge in [-0.05, 0) is 68.0 Å². The van der Waals surface area contributed by atoms with Crippen LogP contribution in [0, 0.1) is 5.92 Å². The Balaban J connectivity index is 1.49. The lowest BCUT2D eigenvalue weighted by Crippen LogP contribution is -2.42. The molecule has 39 heavy (non-hydrogen) atoms. The van der Waals surface area contributed by atoms with Crippen LogP contribution in [-0.4, -0.2) is 61.0 Å². The fraction of sp³-hybridized carbons (Fsp3) is 0.483. The van der Waals surface area contributed by atoms with Crippen LogP contribution in [0.3, 0.4) is 0 Å². The summed E-state index contributed by atoms with van der Waals surface area (Å²) in [5, 5.41) is 17.7. The third-order valence-corrected chi connectivity index (χ3v) is 7.42. The maximum atomic E-state index is 13.2. The van der Waals surface area contributed by atoms with Gasteiger partial charge >= 0.3 is 6.09 Å². The number of nitrogens with zero attached hydrogens (tertiary/aromatic N) is 4. The number of amides is 2. The summed E-state index contributed by atoms with van der Waals surface area (Å²) < 4.78 is 5.47. The van der Waals surface area contributed by atoms with E-state index >= 15 is 0 Å². The first-order valence-electron chi connectivity index (χ1n) is 13.3. The van der Waals surface area contributed by atoms with Gasteiger partial charge in [-0.2, -0.15) is 5.21 Å². The van der Waals surface area contributed by atoms with Gasteiger partial charge in [0.05, 0.1) is 5.69 Å². The highest BCUT2D eigenvalue weighted by molar-refractivity contribution is 8.00. The molecule has 0 bridgehead atoms. The van der Waals surface area contributed by atoms with E-state index in [4.69, 9.17) is 4.74 Å². The largest absolute Gasteiger partial charge is 0.444 e. The molecule has 2 aromatic carbocycles. The molecule has 0 radical (unpaired) electrons. The van der Waals surface area contributed by atoms with Gasteiger partial charge in [0.25, 0.3) is 0 Å². The van der Waals surface area contributed by atoms with E-state index in [0.717, 1.165) is 40.1 Å². The number of hydrogen-bond donors (Lipinski definition) is 2. The topological polar surface area (TPSA) is 113 Å². The maximum absolute atomic E-state index is 13.2. The number of H-pyrrole nitrogens is 1. The maximum Gasteiger partial charge on any atom is 0.410 e. The normalized spacial score (nSPS) is 14.8. The monoisotopic (exact) mass is 550 g/mol. The van der Waals surface area contributed by atoms with Crippen molar-refractivity contribution in [1.29, 1.82) is 0 Å². The average Bonchev–Trinajstić information content (AvgIpc) is 3.39. The molecule has 1 aliphatic rings. The van der Waals surface area contributed by atoms with Crippen molar-refractivity contribution in [2.45, 2.75) is 76.0 Å². The molecule has 0 saturated carbocycles. The number of carbonyl (C=O) groups is 2. The highest BCUT2D eigenvalue weighted by Crippen LogP contribution is 2.40. The minimum absolute atomic E-state index is 0.0231. The molecule has 3 aromatic rings. The summed E-state index contributed by atoms with van der Waals surface area (Å²) in [6.07, 6.45) is 1.67. The third-order valence-electron chi connectivity index (χ3n) is 6.23. The van der Waals surface area contributed by atoms with Crippen molar-refractivity contribution < 1.29 is 14.3 Å². The van der Waals surface area contributed by atoms with Gasteiger partial charge in [-0.25, -0.2) is 4.79 Å². The minimum Gasteiger partial charge on any atom is -0.444 e. The van der Waals surface area contributed by atoms with Crippen LogP contribution in [0.15, 0.2) is 47.4 Å². The molecule has 1 aliphatic heterocycles. The zero-order valence-corrected chi connectivity index (χ0v) is 24.4. The molecule has 0 atom stereocenters. The van der Waals surface area contributed by atoms with Crippen molar-refractivity contribution >= 4 is 29.4 Å². The number of hydrogen-bond acceptors (Lipinski definition) is 7. The van der Waals surface area contributed by atoms with Crippen molar-refractivity contribution in [1.82, 2.24) is 25.5 Å². The first kappa shape index (κ1) is 28.6. The predicted molar refractivity (Wildman–Crippen MR) is 154 cm³/mol. The fourth-order valence-electron chi connectivity index (χ4n) is 4.53. The number of aromatic amines is 1. The van der Waals surface area contributed by atoms with E-state index in [1.807, 2.05) is 51.1 Å². The molecular weight excluding hydrogens is 512 g/mol. The van der Waals surface area contributed by atoms with Crippen LogP contribution in [0.4, 0.5) is 10.5 Å². The molecule has 4 rings (SSSR count). The van der Waals surface area contributed by atoms with Crippen molar-refractivity contribution in [3.8, 4) is 22.5 Å². The van der Waals surface area contributed by atoms with E-state index in [1.54, 1.807) is 16.7 Å². The lowest BCUT2D eigenvalue weighted by Gasteiger charge is -2.33. The van der Waals surface area contributed by atoms with Crippen LogP contribution in [0.25, 0.3) is 22.5 Å². The molecule has 1 fully saturated rings. The van der Waals surface area contributed by atoms with Crippen molar-refractivity contribution in [3.05, 3.63) is 42.5 Å². The van der Waals surface area contributed by atoms with Gasteiger partial charge in [0.2, 0.25) is 11.7 Å². The fourth-order valence-corrected chi connectivity index (χ4v) is 5.55. The van der Waals surface area contributed by atoms with Gasteiger partial charge in [-0.3, -0.25) is 4.79 Å². The third kappa shape index (κ3) is 8.05. The number of likely N-dealkylation sites (tertiary alicyclic amines) is 1. The van der Waals surface area contributed by atoms with Crippen molar-refractivity contribution in [2.24, 2.45) is 5.92 Å². The molecule has 10 heteroatoms. The summed E-state index contributed by atoms with van der Waals surface area (Å²) in [5.74, 6) is 0.705. The Hall–Kier alpha value is -3.40. The van der Waals surface area contributed by atoms with Crippen LogP contribution in [0.1, 0.15) is 60.8 Å². The lowest BCUT2D eigenvalue weighted by molar-refractivity contribution is -0.117. The van der Waals surface area contributed by atoms with E-state index in [2.05, 4.69) is 58.8 Å². The number of thioether (sulfide) groups is 1. The summed E-state index contributed by atoms with van der Waals surface area (Å²) >= 11 is 1.72. The molecule has 2 amide bonds. The van der Waals surface area contributed by atoms with Gasteiger partial charge in [0.15, 0.2) is 0 Å². The number of ether oxygens (including phenoxy) is 1. The van der Waals surface area contributed by atoms with E-state index in [0.29, 0.717) is 25.3 Å². The molecule has 1 aromatic heterocycles. The van der Waals surface area contributed by atoms with E-state index in [9.17, 15) is 9.59 Å². The van der Waals surface area contributed by atoms with Crippen LogP contribution in [-0.2, 0) is 9.53 Å². The second-order valence-corrected chi connectivity index (χ2v) is 13.7. The molecule has 2 N–H and O–H groups in total. The van der Waals surface area contributed by atoms with E-state index < -0.39 is 5.60 Å². The number of benzene rings is 2. The minimum atomic E-state index is -0.517. The molecule has 0 spiro atoms. The van der Waals surface area contributed by atoms with Crippen LogP contribution >= 0.6 is 11.8 Å². The first-order chi connectivity index (χ1) is 18.4. The summed E-state index contributed by atoms with van der Waals surface area (Å²) in [7, 11) is 0. The van der Waals surface area contributed by atoms with Gasteiger partial charge in [0.1, 0.15) is 5.60 Å². The molecule has 9 nitrogen and oxygen atoms in total. The highest BCUT2D eigenvalue weighted by atomic mass is 32.2. The SMILES string of the molecule is CC(C)(C)OC(=O)N1CCC(CC(=O)Nc2cc(-c3ccccc3-c3nn[nH]n3)ccc2SC(C)(C)C)CC1.